The van der Waals surface area contributed by atoms with E-state index in [1.807, 2.05) is 27.7 Å². The minimum atomic E-state index is -0.849. The van der Waals surface area contributed by atoms with E-state index in [1.165, 1.54) is 14.2 Å². The molecule has 0 N–H and O–H groups in total. The van der Waals surface area contributed by atoms with E-state index in [0.29, 0.717) is 25.9 Å². The fraction of sp³-hybridized carbons (Fsp3) is 0.800. The third-order valence-corrected chi connectivity index (χ3v) is 3.42. The quantitative estimate of drug-likeness (QED) is 0.173. The summed E-state index contributed by atoms with van der Waals surface area (Å²) in [5.74, 6) is 4.37. The molecule has 0 aromatic rings. The number of carbonyl (C=O) groups excluding carboxylic acids is 2. The Morgan fingerprint density at radius 3 is 2.04 bits per heavy atom. The molecule has 150 valence electrons. The zero-order chi connectivity index (χ0) is 19.9. The molecule has 0 rings (SSSR count). The highest BCUT2D eigenvalue weighted by Crippen LogP contribution is 2.16. The van der Waals surface area contributed by atoms with E-state index in [2.05, 4.69) is 11.8 Å². The average Bonchev–Trinajstić information content (AvgIpc) is 2.59. The summed E-state index contributed by atoms with van der Waals surface area (Å²) in [7, 11) is 3.06. The van der Waals surface area contributed by atoms with Crippen LogP contribution in [0.4, 0.5) is 0 Å². The van der Waals surface area contributed by atoms with Crippen molar-refractivity contribution >= 4 is 11.9 Å². The fourth-order valence-corrected chi connectivity index (χ4v) is 2.07. The van der Waals surface area contributed by atoms with Crippen molar-refractivity contribution in [1.82, 2.24) is 0 Å². The van der Waals surface area contributed by atoms with Gasteiger partial charge in [0, 0.05) is 20.6 Å². The maximum Gasteiger partial charge on any atom is 0.320 e. The molecule has 1 atom stereocenters. The van der Waals surface area contributed by atoms with Gasteiger partial charge in [0.1, 0.15) is 0 Å². The molecule has 6 nitrogen and oxygen atoms in total. The van der Waals surface area contributed by atoms with Gasteiger partial charge in [0.25, 0.3) is 0 Å². The zero-order valence-electron chi connectivity index (χ0n) is 17.0. The lowest BCUT2D eigenvalue weighted by molar-refractivity contribution is -0.163. The van der Waals surface area contributed by atoms with Crippen LogP contribution >= 0.6 is 0 Å². The Labute approximate surface area is 157 Å². The first-order valence-corrected chi connectivity index (χ1v) is 9.19. The Hall–Kier alpha value is -1.58. The first-order chi connectivity index (χ1) is 12.3. The van der Waals surface area contributed by atoms with Gasteiger partial charge in [-0.15, -0.1) is 0 Å². The molecular weight excluding hydrogens is 336 g/mol. The first kappa shape index (κ1) is 24.4. The van der Waals surface area contributed by atoms with E-state index in [0.717, 1.165) is 6.42 Å². The van der Waals surface area contributed by atoms with E-state index in [1.54, 1.807) is 0 Å². The van der Waals surface area contributed by atoms with Crippen LogP contribution in [-0.2, 0) is 28.5 Å². The largest absolute Gasteiger partial charge is 0.465 e. The minimum Gasteiger partial charge on any atom is -0.465 e. The van der Waals surface area contributed by atoms with E-state index in [9.17, 15) is 9.59 Å². The Morgan fingerprint density at radius 1 is 0.885 bits per heavy atom. The molecule has 0 bridgehead atoms. The lowest BCUT2D eigenvalue weighted by Gasteiger charge is -2.17. The second kappa shape index (κ2) is 14.6. The SMILES string of the molecule is COC(C#CCCCCOC(=O)C(CC(C)C)C(=O)OCC(C)C)OC. The highest BCUT2D eigenvalue weighted by Gasteiger charge is 2.30. The van der Waals surface area contributed by atoms with E-state index in [-0.39, 0.29) is 18.4 Å². The van der Waals surface area contributed by atoms with Crippen LogP contribution in [0.15, 0.2) is 0 Å². The zero-order valence-corrected chi connectivity index (χ0v) is 17.0. The highest BCUT2D eigenvalue weighted by molar-refractivity contribution is 5.94. The van der Waals surface area contributed by atoms with Crippen LogP contribution < -0.4 is 0 Å². The molecular formula is C20H34O6. The summed E-state index contributed by atoms with van der Waals surface area (Å²) in [5, 5.41) is 0. The summed E-state index contributed by atoms with van der Waals surface area (Å²) in [5.41, 5.74) is 0. The van der Waals surface area contributed by atoms with Gasteiger partial charge in [-0.1, -0.05) is 33.6 Å². The Morgan fingerprint density at radius 2 is 1.50 bits per heavy atom. The molecule has 0 radical (unpaired) electrons. The molecule has 0 aliphatic carbocycles. The predicted molar refractivity (Wildman–Crippen MR) is 99.1 cm³/mol. The van der Waals surface area contributed by atoms with E-state index < -0.39 is 24.1 Å². The standard InChI is InChI=1S/C20H34O6/c1-15(2)13-17(20(22)26-14-16(3)4)19(21)25-12-10-8-7-9-11-18(23-5)24-6/h15-18H,7-8,10,12-14H2,1-6H3. The molecule has 0 saturated heterocycles. The highest BCUT2D eigenvalue weighted by atomic mass is 16.7. The van der Waals surface area contributed by atoms with Crippen molar-refractivity contribution in [2.24, 2.45) is 17.8 Å². The fourth-order valence-electron chi connectivity index (χ4n) is 2.07. The average molecular weight is 370 g/mol. The number of hydrogen-bond acceptors (Lipinski definition) is 6. The number of carbonyl (C=O) groups is 2. The lowest BCUT2D eigenvalue weighted by Crippen LogP contribution is -2.30. The van der Waals surface area contributed by atoms with Crippen molar-refractivity contribution in [2.45, 2.75) is 59.7 Å². The minimum absolute atomic E-state index is 0.198. The van der Waals surface area contributed by atoms with Crippen molar-refractivity contribution in [3.63, 3.8) is 0 Å². The molecule has 0 fully saturated rings. The molecule has 0 aromatic heterocycles. The number of hydrogen-bond donors (Lipinski definition) is 0. The summed E-state index contributed by atoms with van der Waals surface area (Å²) in [6, 6.07) is 0. The summed E-state index contributed by atoms with van der Waals surface area (Å²) in [6.07, 6.45) is 2.04. The van der Waals surface area contributed by atoms with Gasteiger partial charge in [-0.2, -0.15) is 0 Å². The first-order valence-electron chi connectivity index (χ1n) is 9.19. The smallest absolute Gasteiger partial charge is 0.320 e. The number of unbranched alkanes of at least 4 members (excludes halogenated alkanes) is 2. The number of rotatable bonds is 12. The molecule has 0 heterocycles. The van der Waals surface area contributed by atoms with Crippen LogP contribution in [0.2, 0.25) is 0 Å². The Kier molecular flexibility index (Phi) is 13.7. The van der Waals surface area contributed by atoms with Crippen molar-refractivity contribution < 1.29 is 28.5 Å². The molecule has 0 spiro atoms. The van der Waals surface area contributed by atoms with Crippen LogP contribution in [0.25, 0.3) is 0 Å². The summed E-state index contributed by atoms with van der Waals surface area (Å²) >= 11 is 0. The molecule has 0 aliphatic heterocycles. The van der Waals surface area contributed by atoms with Gasteiger partial charge in [0.05, 0.1) is 13.2 Å². The van der Waals surface area contributed by atoms with Gasteiger partial charge in [0.2, 0.25) is 6.29 Å². The maximum absolute atomic E-state index is 12.2. The van der Waals surface area contributed by atoms with Crippen molar-refractivity contribution in [1.29, 1.82) is 0 Å². The summed E-state index contributed by atoms with van der Waals surface area (Å²) in [6.45, 7) is 8.40. The predicted octanol–water partition coefficient (Wildman–Crippen LogP) is 3.18. The van der Waals surface area contributed by atoms with Crippen molar-refractivity contribution in [3.8, 4) is 11.8 Å². The van der Waals surface area contributed by atoms with Gasteiger partial charge >= 0.3 is 11.9 Å². The van der Waals surface area contributed by atoms with E-state index in [4.69, 9.17) is 18.9 Å². The van der Waals surface area contributed by atoms with E-state index >= 15 is 0 Å². The normalized spacial score (nSPS) is 12.0. The van der Waals surface area contributed by atoms with Crippen molar-refractivity contribution in [3.05, 3.63) is 0 Å². The molecule has 0 aliphatic rings. The molecule has 0 amide bonds. The van der Waals surface area contributed by atoms with Gasteiger partial charge in [0.15, 0.2) is 5.92 Å². The lowest BCUT2D eigenvalue weighted by atomic mass is 9.97. The molecule has 0 saturated carbocycles. The summed E-state index contributed by atoms with van der Waals surface area (Å²) in [4.78, 5) is 24.4. The molecule has 1 unspecified atom stereocenters. The van der Waals surface area contributed by atoms with Gasteiger partial charge < -0.3 is 18.9 Å². The Bertz CT molecular complexity index is 457. The number of methoxy groups -OCH3 is 2. The van der Waals surface area contributed by atoms with Gasteiger partial charge in [-0.05, 0) is 37.0 Å². The molecule has 0 aromatic carbocycles. The van der Waals surface area contributed by atoms with Crippen LogP contribution in [0.5, 0.6) is 0 Å². The number of ether oxygens (including phenoxy) is 4. The Balaban J connectivity index is 4.26. The van der Waals surface area contributed by atoms with Crippen LogP contribution in [0.1, 0.15) is 53.4 Å². The third-order valence-electron chi connectivity index (χ3n) is 3.42. The van der Waals surface area contributed by atoms with Crippen LogP contribution in [0.3, 0.4) is 0 Å². The van der Waals surface area contributed by atoms with Gasteiger partial charge in [-0.25, -0.2) is 0 Å². The van der Waals surface area contributed by atoms with Crippen molar-refractivity contribution in [2.75, 3.05) is 27.4 Å². The van der Waals surface area contributed by atoms with Gasteiger partial charge in [-0.3, -0.25) is 9.59 Å². The number of esters is 2. The topological polar surface area (TPSA) is 71.1 Å². The maximum atomic E-state index is 12.2. The third kappa shape index (κ3) is 11.9. The monoisotopic (exact) mass is 370 g/mol. The molecule has 6 heteroatoms. The molecule has 26 heavy (non-hydrogen) atoms. The second-order valence-electron chi connectivity index (χ2n) is 6.96. The van der Waals surface area contributed by atoms with Crippen LogP contribution in [-0.4, -0.2) is 45.7 Å². The second-order valence-corrected chi connectivity index (χ2v) is 6.96. The summed E-state index contributed by atoms with van der Waals surface area (Å²) < 4.78 is 20.4. The van der Waals surface area contributed by atoms with Crippen LogP contribution in [0, 0.1) is 29.6 Å².